The van der Waals surface area contributed by atoms with Crippen molar-refractivity contribution in [1.82, 2.24) is 14.5 Å². The number of imidazole rings is 1. The lowest BCUT2D eigenvalue weighted by Gasteiger charge is -2.26. The van der Waals surface area contributed by atoms with Crippen molar-refractivity contribution >= 4 is 22.1 Å². The van der Waals surface area contributed by atoms with E-state index in [2.05, 4.69) is 15.6 Å². The number of para-hydroxylation sites is 2. The van der Waals surface area contributed by atoms with Gasteiger partial charge in [-0.15, -0.1) is 0 Å². The number of hydrogen-bond acceptors (Lipinski definition) is 5. The zero-order valence-electron chi connectivity index (χ0n) is 16.9. The summed E-state index contributed by atoms with van der Waals surface area (Å²) in [7, 11) is 0. The van der Waals surface area contributed by atoms with Gasteiger partial charge in [-0.3, -0.25) is 0 Å². The second-order valence-electron chi connectivity index (χ2n) is 7.89. The molecule has 0 atom stereocenters. The third-order valence-electron chi connectivity index (χ3n) is 5.91. The monoisotopic (exact) mass is 411 g/mol. The van der Waals surface area contributed by atoms with Crippen LogP contribution in [0.3, 0.4) is 0 Å². The molecule has 5 aromatic rings. The highest BCUT2D eigenvalue weighted by Gasteiger charge is 2.23. The van der Waals surface area contributed by atoms with Gasteiger partial charge in [0.05, 0.1) is 11.0 Å². The molecule has 31 heavy (non-hydrogen) atoms. The summed E-state index contributed by atoms with van der Waals surface area (Å²) in [5, 5.41) is 9.72. The van der Waals surface area contributed by atoms with Crippen molar-refractivity contribution in [3.05, 3.63) is 66.7 Å². The van der Waals surface area contributed by atoms with E-state index in [1.807, 2.05) is 48.5 Å². The molecule has 0 saturated carbocycles. The molecule has 0 bridgehead atoms. The quantitative estimate of drug-likeness (QED) is 0.420. The van der Waals surface area contributed by atoms with Gasteiger partial charge >= 0.3 is 0 Å². The van der Waals surface area contributed by atoms with Gasteiger partial charge in [0.25, 0.3) is 0 Å². The summed E-state index contributed by atoms with van der Waals surface area (Å²) in [5.41, 5.74) is 5.47. The Morgan fingerprint density at radius 2 is 1.61 bits per heavy atom. The number of oxazole rings is 1. The van der Waals surface area contributed by atoms with Gasteiger partial charge < -0.3 is 18.8 Å². The number of phenols is 1. The van der Waals surface area contributed by atoms with Gasteiger partial charge in [0, 0.05) is 30.4 Å². The standard InChI is InChI=1S/C25H21N3O3/c29-19-8-5-16(6-9-19)24-26-21-15-17(25-27-20-3-1-2-4-23(20)31-25)7-10-22(21)28(24)18-11-13-30-14-12-18/h1-10,15,18,29H,11-14H2. The number of fused-ring (bicyclic) bond motifs is 2. The Hall–Kier alpha value is -3.64. The molecule has 0 amide bonds. The van der Waals surface area contributed by atoms with Crippen molar-refractivity contribution in [2.45, 2.75) is 18.9 Å². The number of aromatic nitrogens is 3. The predicted octanol–water partition coefficient (Wildman–Crippen LogP) is 5.57. The van der Waals surface area contributed by atoms with Crippen molar-refractivity contribution in [2.75, 3.05) is 13.2 Å². The Morgan fingerprint density at radius 1 is 0.839 bits per heavy atom. The Bertz CT molecular complexity index is 1350. The van der Waals surface area contributed by atoms with E-state index < -0.39 is 0 Å². The lowest BCUT2D eigenvalue weighted by atomic mass is 10.1. The molecule has 1 aliphatic rings. The Morgan fingerprint density at radius 3 is 2.42 bits per heavy atom. The molecule has 1 N–H and O–H groups in total. The molecular formula is C25H21N3O3. The van der Waals surface area contributed by atoms with Gasteiger partial charge in [0.2, 0.25) is 5.89 Å². The van der Waals surface area contributed by atoms with E-state index in [-0.39, 0.29) is 5.75 Å². The Labute approximate surface area is 178 Å². The van der Waals surface area contributed by atoms with E-state index in [1.165, 1.54) is 0 Å². The lowest BCUT2D eigenvalue weighted by molar-refractivity contribution is 0.0710. The van der Waals surface area contributed by atoms with Crippen molar-refractivity contribution < 1.29 is 14.3 Å². The first-order valence-electron chi connectivity index (χ1n) is 10.5. The van der Waals surface area contributed by atoms with Crippen LogP contribution in [0.5, 0.6) is 5.75 Å². The lowest BCUT2D eigenvalue weighted by Crippen LogP contribution is -2.20. The SMILES string of the molecule is Oc1ccc(-c2nc3cc(-c4nc5ccccc5o4)ccc3n2C2CCOCC2)cc1. The van der Waals surface area contributed by atoms with Crippen LogP contribution in [0.15, 0.2) is 71.1 Å². The molecule has 1 aliphatic heterocycles. The minimum Gasteiger partial charge on any atom is -0.508 e. The highest BCUT2D eigenvalue weighted by molar-refractivity contribution is 5.85. The fourth-order valence-corrected chi connectivity index (χ4v) is 4.35. The minimum absolute atomic E-state index is 0.246. The van der Waals surface area contributed by atoms with E-state index >= 15 is 0 Å². The van der Waals surface area contributed by atoms with Crippen molar-refractivity contribution in [2.24, 2.45) is 0 Å². The molecule has 2 aromatic heterocycles. The smallest absolute Gasteiger partial charge is 0.227 e. The first-order chi connectivity index (χ1) is 15.3. The zero-order valence-corrected chi connectivity index (χ0v) is 16.9. The molecule has 0 radical (unpaired) electrons. The minimum atomic E-state index is 0.246. The van der Waals surface area contributed by atoms with Crippen LogP contribution in [0.4, 0.5) is 0 Å². The summed E-state index contributed by atoms with van der Waals surface area (Å²) >= 11 is 0. The second kappa shape index (κ2) is 7.25. The highest BCUT2D eigenvalue weighted by Crippen LogP contribution is 2.35. The first kappa shape index (κ1) is 18.2. The van der Waals surface area contributed by atoms with E-state index in [9.17, 15) is 5.11 Å². The number of rotatable bonds is 3. The summed E-state index contributed by atoms with van der Waals surface area (Å²) in [4.78, 5) is 9.63. The molecule has 3 aromatic carbocycles. The third-order valence-corrected chi connectivity index (χ3v) is 5.91. The molecule has 6 nitrogen and oxygen atoms in total. The normalized spacial score (nSPS) is 15.1. The maximum atomic E-state index is 9.72. The molecule has 6 rings (SSSR count). The van der Waals surface area contributed by atoms with Crippen LogP contribution in [0.1, 0.15) is 18.9 Å². The Balaban J connectivity index is 1.51. The van der Waals surface area contributed by atoms with Crippen LogP contribution in [-0.4, -0.2) is 32.9 Å². The second-order valence-corrected chi connectivity index (χ2v) is 7.89. The fourth-order valence-electron chi connectivity index (χ4n) is 4.35. The average molecular weight is 411 g/mol. The number of benzene rings is 3. The number of nitrogens with zero attached hydrogens (tertiary/aromatic N) is 3. The summed E-state index contributed by atoms with van der Waals surface area (Å²) in [5.74, 6) is 1.74. The molecule has 0 unspecified atom stereocenters. The van der Waals surface area contributed by atoms with Crippen molar-refractivity contribution in [3.63, 3.8) is 0 Å². The summed E-state index contributed by atoms with van der Waals surface area (Å²) in [6.07, 6.45) is 1.90. The van der Waals surface area contributed by atoms with Crippen LogP contribution in [0, 0.1) is 0 Å². The van der Waals surface area contributed by atoms with Gasteiger partial charge in [-0.25, -0.2) is 9.97 Å². The zero-order chi connectivity index (χ0) is 20.8. The van der Waals surface area contributed by atoms with Gasteiger partial charge in [-0.2, -0.15) is 0 Å². The van der Waals surface area contributed by atoms with Gasteiger partial charge in [0.1, 0.15) is 17.1 Å². The molecule has 3 heterocycles. The topological polar surface area (TPSA) is 73.3 Å². The van der Waals surface area contributed by atoms with Gasteiger partial charge in [0.15, 0.2) is 5.58 Å². The van der Waals surface area contributed by atoms with Crippen molar-refractivity contribution in [1.29, 1.82) is 0 Å². The van der Waals surface area contributed by atoms with Gasteiger partial charge in [-0.05, 0) is 67.4 Å². The first-order valence-corrected chi connectivity index (χ1v) is 10.5. The number of hydrogen-bond donors (Lipinski definition) is 1. The van der Waals surface area contributed by atoms with E-state index in [4.69, 9.17) is 14.1 Å². The maximum absolute atomic E-state index is 9.72. The highest BCUT2D eigenvalue weighted by atomic mass is 16.5. The molecule has 154 valence electrons. The van der Waals surface area contributed by atoms with Gasteiger partial charge in [-0.1, -0.05) is 12.1 Å². The molecule has 1 fully saturated rings. The third kappa shape index (κ3) is 3.16. The summed E-state index contributed by atoms with van der Waals surface area (Å²) in [6, 6.07) is 21.5. The predicted molar refractivity (Wildman–Crippen MR) is 119 cm³/mol. The molecule has 6 heteroatoms. The summed E-state index contributed by atoms with van der Waals surface area (Å²) in [6.45, 7) is 1.50. The molecule has 0 aliphatic carbocycles. The van der Waals surface area contributed by atoms with Crippen LogP contribution < -0.4 is 0 Å². The fraction of sp³-hybridized carbons (Fsp3) is 0.200. The van der Waals surface area contributed by atoms with Crippen LogP contribution in [0.25, 0.3) is 45.0 Å². The molecular weight excluding hydrogens is 390 g/mol. The average Bonchev–Trinajstić information content (AvgIpc) is 3.41. The van der Waals surface area contributed by atoms with E-state index in [0.29, 0.717) is 11.9 Å². The Kier molecular flexibility index (Phi) is 4.25. The van der Waals surface area contributed by atoms with Crippen molar-refractivity contribution in [3.8, 4) is 28.6 Å². The summed E-state index contributed by atoms with van der Waals surface area (Å²) < 4.78 is 13.9. The number of phenolic OH excluding ortho intramolecular Hbond substituents is 1. The maximum Gasteiger partial charge on any atom is 0.227 e. The number of ether oxygens (including phenoxy) is 1. The van der Waals surface area contributed by atoms with Crippen LogP contribution in [0.2, 0.25) is 0 Å². The van der Waals surface area contributed by atoms with E-state index in [1.54, 1.807) is 12.1 Å². The number of aromatic hydroxyl groups is 1. The molecule has 0 spiro atoms. The van der Waals surface area contributed by atoms with E-state index in [0.717, 1.165) is 65.1 Å². The largest absolute Gasteiger partial charge is 0.508 e. The molecule has 1 saturated heterocycles. The van der Waals surface area contributed by atoms with Crippen LogP contribution >= 0.6 is 0 Å². The van der Waals surface area contributed by atoms with Crippen LogP contribution in [-0.2, 0) is 4.74 Å².